The van der Waals surface area contributed by atoms with Crippen LogP contribution in [0.5, 0.6) is 0 Å². The molecular weight excluding hydrogens is 296 g/mol. The Labute approximate surface area is 123 Å². The van der Waals surface area contributed by atoms with Crippen LogP contribution in [0.2, 0.25) is 0 Å². The van der Waals surface area contributed by atoms with Crippen LogP contribution in [0.15, 0.2) is 29.2 Å². The summed E-state index contributed by atoms with van der Waals surface area (Å²) >= 11 is 0. The van der Waals surface area contributed by atoms with Gasteiger partial charge in [-0.1, -0.05) is 31.4 Å². The van der Waals surface area contributed by atoms with E-state index in [-0.39, 0.29) is 11.5 Å². The number of nitrogens with zero attached hydrogens (tertiary/aromatic N) is 1. The molecule has 0 spiro atoms. The normalized spacial score (nSPS) is 18.3. The Balaban J connectivity index is 2.36. The topological polar surface area (TPSA) is 110 Å². The van der Waals surface area contributed by atoms with Gasteiger partial charge in [-0.3, -0.25) is 10.1 Å². The van der Waals surface area contributed by atoms with Crippen molar-refractivity contribution in [2.24, 2.45) is 0 Å². The van der Waals surface area contributed by atoms with Crippen LogP contribution in [0.3, 0.4) is 0 Å². The minimum atomic E-state index is -4.06. The van der Waals surface area contributed by atoms with Gasteiger partial charge in [0.2, 0.25) is 10.0 Å². The van der Waals surface area contributed by atoms with Gasteiger partial charge in [0.05, 0.1) is 17.1 Å². The maximum atomic E-state index is 12.5. The number of nitro groups is 1. The molecule has 1 aliphatic rings. The molecule has 2 N–H and O–H groups in total. The van der Waals surface area contributed by atoms with Gasteiger partial charge in [0.25, 0.3) is 5.69 Å². The minimum absolute atomic E-state index is 0.313. The van der Waals surface area contributed by atoms with Gasteiger partial charge in [0.1, 0.15) is 0 Å². The molecule has 0 bridgehead atoms. The first-order valence-electron chi connectivity index (χ1n) is 6.78. The summed E-state index contributed by atoms with van der Waals surface area (Å²) in [6.45, 7) is -0.313. The largest absolute Gasteiger partial charge is 0.394 e. The first-order valence-corrected chi connectivity index (χ1v) is 8.27. The summed E-state index contributed by atoms with van der Waals surface area (Å²) in [6, 6.07) is 5.21. The van der Waals surface area contributed by atoms with Crippen LogP contribution in [0.4, 0.5) is 5.69 Å². The molecule has 116 valence electrons. The Bertz CT molecular complexity index is 623. The third-order valence-electron chi connectivity index (χ3n) is 3.82. The third kappa shape index (κ3) is 3.39. The van der Waals surface area contributed by atoms with Gasteiger partial charge in [-0.05, 0) is 18.9 Å². The standard InChI is InChI=1S/C13H18N2O5S/c16-10-13(8-4-1-5-9-13)14-21(19,20)12-7-3-2-6-11(12)15(17)18/h2-3,6-7,14,16H,1,4-5,8-10H2. The molecule has 1 aromatic carbocycles. The molecule has 1 aromatic rings. The molecule has 0 radical (unpaired) electrons. The lowest BCUT2D eigenvalue weighted by molar-refractivity contribution is -0.387. The van der Waals surface area contributed by atoms with E-state index in [0.717, 1.165) is 25.3 Å². The van der Waals surface area contributed by atoms with Crippen molar-refractivity contribution in [1.29, 1.82) is 0 Å². The van der Waals surface area contributed by atoms with Gasteiger partial charge in [0, 0.05) is 6.07 Å². The molecule has 1 saturated carbocycles. The number of aliphatic hydroxyl groups is 1. The molecule has 8 heteroatoms. The molecule has 21 heavy (non-hydrogen) atoms. The van der Waals surface area contributed by atoms with Crippen LogP contribution >= 0.6 is 0 Å². The zero-order valence-corrected chi connectivity index (χ0v) is 12.3. The summed E-state index contributed by atoms with van der Waals surface area (Å²) in [5.74, 6) is 0. The van der Waals surface area contributed by atoms with E-state index in [1.54, 1.807) is 0 Å². The fourth-order valence-corrected chi connectivity index (χ4v) is 4.32. The summed E-state index contributed by atoms with van der Waals surface area (Å²) in [5.41, 5.74) is -1.38. The Hall–Kier alpha value is -1.51. The zero-order chi connectivity index (χ0) is 15.5. The number of nitrogens with one attached hydrogen (secondary N) is 1. The van der Waals surface area contributed by atoms with Crippen molar-refractivity contribution in [3.63, 3.8) is 0 Å². The Morgan fingerprint density at radius 2 is 1.86 bits per heavy atom. The molecule has 0 unspecified atom stereocenters. The maximum Gasteiger partial charge on any atom is 0.289 e. The molecule has 0 heterocycles. The number of sulfonamides is 1. The van der Waals surface area contributed by atoms with E-state index >= 15 is 0 Å². The Morgan fingerprint density at radius 3 is 2.43 bits per heavy atom. The molecule has 7 nitrogen and oxygen atoms in total. The lowest BCUT2D eigenvalue weighted by Crippen LogP contribution is -2.52. The highest BCUT2D eigenvalue weighted by atomic mass is 32.2. The van der Waals surface area contributed by atoms with E-state index in [0.29, 0.717) is 12.8 Å². The maximum absolute atomic E-state index is 12.5. The van der Waals surface area contributed by atoms with Gasteiger partial charge in [-0.2, -0.15) is 0 Å². The van der Waals surface area contributed by atoms with Crippen LogP contribution in [0, 0.1) is 10.1 Å². The van der Waals surface area contributed by atoms with Crippen molar-refractivity contribution in [1.82, 2.24) is 4.72 Å². The summed E-state index contributed by atoms with van der Waals surface area (Å²) in [4.78, 5) is 9.89. The quantitative estimate of drug-likeness (QED) is 0.633. The van der Waals surface area contributed by atoms with Crippen LogP contribution < -0.4 is 4.72 Å². The predicted molar refractivity (Wildman–Crippen MR) is 76.3 cm³/mol. The fourth-order valence-electron chi connectivity index (χ4n) is 2.70. The monoisotopic (exact) mass is 314 g/mol. The lowest BCUT2D eigenvalue weighted by atomic mass is 9.83. The van der Waals surface area contributed by atoms with E-state index in [9.17, 15) is 23.6 Å². The van der Waals surface area contributed by atoms with E-state index in [4.69, 9.17) is 0 Å². The lowest BCUT2D eigenvalue weighted by Gasteiger charge is -2.35. The number of aliphatic hydroxyl groups excluding tert-OH is 1. The number of para-hydroxylation sites is 1. The molecule has 0 amide bonds. The number of nitro benzene ring substituents is 1. The van der Waals surface area contributed by atoms with E-state index < -0.39 is 26.2 Å². The molecule has 1 aliphatic carbocycles. The van der Waals surface area contributed by atoms with Crippen LogP contribution in [0.25, 0.3) is 0 Å². The number of benzene rings is 1. The van der Waals surface area contributed by atoms with Crippen molar-refractivity contribution in [3.8, 4) is 0 Å². The molecule has 0 atom stereocenters. The summed E-state index contributed by atoms with van der Waals surface area (Å²) in [7, 11) is -4.06. The fraction of sp³-hybridized carbons (Fsp3) is 0.538. The highest BCUT2D eigenvalue weighted by molar-refractivity contribution is 7.89. The highest BCUT2D eigenvalue weighted by Crippen LogP contribution is 2.31. The van der Waals surface area contributed by atoms with Gasteiger partial charge in [-0.15, -0.1) is 0 Å². The van der Waals surface area contributed by atoms with E-state index in [1.165, 1.54) is 18.2 Å². The van der Waals surface area contributed by atoms with Crippen molar-refractivity contribution in [2.45, 2.75) is 42.5 Å². The van der Waals surface area contributed by atoms with Gasteiger partial charge in [-0.25, -0.2) is 13.1 Å². The van der Waals surface area contributed by atoms with Crippen molar-refractivity contribution < 1.29 is 18.4 Å². The van der Waals surface area contributed by atoms with Gasteiger partial charge >= 0.3 is 0 Å². The summed E-state index contributed by atoms with van der Waals surface area (Å²) in [5, 5.41) is 20.5. The molecule has 1 fully saturated rings. The zero-order valence-electron chi connectivity index (χ0n) is 11.5. The number of hydrogen-bond acceptors (Lipinski definition) is 5. The number of hydrogen-bond donors (Lipinski definition) is 2. The second kappa shape index (κ2) is 6.08. The van der Waals surface area contributed by atoms with E-state index in [1.807, 2.05) is 0 Å². The van der Waals surface area contributed by atoms with Crippen LogP contribution in [-0.4, -0.2) is 30.6 Å². The SMILES string of the molecule is O=[N+]([O-])c1ccccc1S(=O)(=O)NC1(CO)CCCCC1. The van der Waals surface area contributed by atoms with E-state index in [2.05, 4.69) is 4.72 Å². The smallest absolute Gasteiger partial charge is 0.289 e. The first kappa shape index (κ1) is 15.9. The van der Waals surface area contributed by atoms with Gasteiger partial charge < -0.3 is 5.11 Å². The predicted octanol–water partition coefficient (Wildman–Crippen LogP) is 1.57. The van der Waals surface area contributed by atoms with Crippen LogP contribution in [-0.2, 0) is 10.0 Å². The first-order chi connectivity index (χ1) is 9.90. The molecule has 0 aliphatic heterocycles. The number of rotatable bonds is 5. The third-order valence-corrected chi connectivity index (χ3v) is 5.44. The second-order valence-corrected chi connectivity index (χ2v) is 6.98. The Morgan fingerprint density at radius 1 is 1.24 bits per heavy atom. The molecular formula is C13H18N2O5S. The van der Waals surface area contributed by atoms with Gasteiger partial charge in [0.15, 0.2) is 4.90 Å². The molecule has 0 aromatic heterocycles. The average molecular weight is 314 g/mol. The van der Waals surface area contributed by atoms with Crippen LogP contribution in [0.1, 0.15) is 32.1 Å². The Kier molecular flexibility index (Phi) is 4.60. The second-order valence-electron chi connectivity index (χ2n) is 5.33. The molecule has 0 saturated heterocycles. The van der Waals surface area contributed by atoms with Crippen molar-refractivity contribution in [2.75, 3.05) is 6.61 Å². The average Bonchev–Trinajstić information content (AvgIpc) is 2.47. The molecule has 2 rings (SSSR count). The summed E-state index contributed by atoms with van der Waals surface area (Å²) in [6.07, 6.45) is 3.70. The van der Waals surface area contributed by atoms with Crippen molar-refractivity contribution >= 4 is 15.7 Å². The highest BCUT2D eigenvalue weighted by Gasteiger charge is 2.37. The van der Waals surface area contributed by atoms with Crippen molar-refractivity contribution in [3.05, 3.63) is 34.4 Å². The summed E-state index contributed by atoms with van der Waals surface area (Å²) < 4.78 is 27.4. The minimum Gasteiger partial charge on any atom is -0.394 e.